The van der Waals surface area contributed by atoms with Crippen LogP contribution in [0.4, 0.5) is 5.82 Å². The maximum Gasteiger partial charge on any atom is 0.165 e. The van der Waals surface area contributed by atoms with Gasteiger partial charge in [-0.1, -0.05) is 17.7 Å². The molecule has 3 aromatic heterocycles. The maximum absolute atomic E-state index is 6.09. The van der Waals surface area contributed by atoms with Gasteiger partial charge in [-0.2, -0.15) is 0 Å². The average Bonchev–Trinajstić information content (AvgIpc) is 2.94. The van der Waals surface area contributed by atoms with Gasteiger partial charge in [-0.25, -0.2) is 15.0 Å². The van der Waals surface area contributed by atoms with Gasteiger partial charge >= 0.3 is 0 Å². The van der Waals surface area contributed by atoms with Crippen molar-refractivity contribution in [3.05, 3.63) is 66.0 Å². The number of benzene rings is 1. The first kappa shape index (κ1) is 14.4. The molecular formula is C19H17N5. The first-order valence-corrected chi connectivity index (χ1v) is 7.77. The zero-order valence-electron chi connectivity index (χ0n) is 13.6. The lowest BCUT2D eigenvalue weighted by Gasteiger charge is -2.10. The number of aryl methyl sites for hydroxylation is 2. The van der Waals surface area contributed by atoms with Gasteiger partial charge in [-0.3, -0.25) is 4.57 Å². The van der Waals surface area contributed by atoms with E-state index < -0.39 is 0 Å². The van der Waals surface area contributed by atoms with Gasteiger partial charge in [0.2, 0.25) is 0 Å². The standard InChI is InChI=1S/C19H17N5/c1-12-5-8-14(9-6-12)24-18(15-4-3-11-21-17(15)20)23-16-10-7-13(2)22-19(16)24/h3-11H,1-2H3,(H2,20,21). The van der Waals surface area contributed by atoms with Gasteiger partial charge in [0.05, 0.1) is 5.56 Å². The summed E-state index contributed by atoms with van der Waals surface area (Å²) < 4.78 is 2.04. The van der Waals surface area contributed by atoms with Crippen LogP contribution in [0.3, 0.4) is 0 Å². The lowest BCUT2D eigenvalue weighted by molar-refractivity contribution is 1.06. The minimum atomic E-state index is 0.456. The molecule has 0 fully saturated rings. The first-order valence-electron chi connectivity index (χ1n) is 7.77. The Morgan fingerprint density at radius 2 is 1.71 bits per heavy atom. The highest BCUT2D eigenvalue weighted by atomic mass is 15.1. The van der Waals surface area contributed by atoms with Crippen molar-refractivity contribution in [2.24, 2.45) is 0 Å². The molecule has 0 bridgehead atoms. The topological polar surface area (TPSA) is 69.6 Å². The van der Waals surface area contributed by atoms with Crippen LogP contribution >= 0.6 is 0 Å². The van der Waals surface area contributed by atoms with Crippen LogP contribution in [0.5, 0.6) is 0 Å². The second kappa shape index (κ2) is 5.45. The van der Waals surface area contributed by atoms with Crippen molar-refractivity contribution in [2.75, 3.05) is 5.73 Å². The SMILES string of the molecule is Cc1ccc(-n2c(-c3cccnc3N)nc3ccc(C)nc32)cc1. The molecule has 3 heterocycles. The summed E-state index contributed by atoms with van der Waals surface area (Å²) in [7, 11) is 0. The van der Waals surface area contributed by atoms with E-state index >= 15 is 0 Å². The molecule has 0 saturated carbocycles. The predicted molar refractivity (Wildman–Crippen MR) is 96.0 cm³/mol. The molecule has 1 aromatic carbocycles. The molecule has 0 unspecified atom stereocenters. The number of pyridine rings is 2. The number of anilines is 1. The van der Waals surface area contributed by atoms with Crippen molar-refractivity contribution < 1.29 is 0 Å². The Morgan fingerprint density at radius 3 is 2.46 bits per heavy atom. The number of aromatic nitrogens is 4. The third-order valence-corrected chi connectivity index (χ3v) is 4.02. The lowest BCUT2D eigenvalue weighted by atomic mass is 10.2. The van der Waals surface area contributed by atoms with E-state index in [4.69, 9.17) is 10.7 Å². The van der Waals surface area contributed by atoms with Crippen LogP contribution in [-0.2, 0) is 0 Å². The summed E-state index contributed by atoms with van der Waals surface area (Å²) in [5, 5.41) is 0. The number of rotatable bonds is 2. The van der Waals surface area contributed by atoms with Crippen LogP contribution in [0.1, 0.15) is 11.3 Å². The molecule has 5 heteroatoms. The fourth-order valence-corrected chi connectivity index (χ4v) is 2.78. The highest BCUT2D eigenvalue weighted by Gasteiger charge is 2.17. The van der Waals surface area contributed by atoms with Crippen LogP contribution in [0.15, 0.2) is 54.7 Å². The third kappa shape index (κ3) is 2.31. The minimum absolute atomic E-state index is 0.456. The fraction of sp³-hybridized carbons (Fsp3) is 0.105. The average molecular weight is 315 g/mol. The number of nitrogens with zero attached hydrogens (tertiary/aromatic N) is 4. The quantitative estimate of drug-likeness (QED) is 0.612. The summed E-state index contributed by atoms with van der Waals surface area (Å²) in [6, 6.07) is 16.0. The largest absolute Gasteiger partial charge is 0.383 e. The predicted octanol–water partition coefficient (Wildman–Crippen LogP) is 3.68. The molecule has 0 radical (unpaired) electrons. The number of hydrogen-bond acceptors (Lipinski definition) is 4. The van der Waals surface area contributed by atoms with E-state index in [1.807, 2.05) is 35.8 Å². The first-order chi connectivity index (χ1) is 11.6. The number of nitrogens with two attached hydrogens (primary N) is 1. The Bertz CT molecular complexity index is 1030. The van der Waals surface area contributed by atoms with E-state index in [0.717, 1.165) is 33.9 Å². The third-order valence-electron chi connectivity index (χ3n) is 4.02. The van der Waals surface area contributed by atoms with E-state index in [0.29, 0.717) is 5.82 Å². The number of fused-ring (bicyclic) bond motifs is 1. The summed E-state index contributed by atoms with van der Waals surface area (Å²) in [6.45, 7) is 4.04. The zero-order valence-corrected chi connectivity index (χ0v) is 13.6. The van der Waals surface area contributed by atoms with Crippen LogP contribution in [0, 0.1) is 13.8 Å². The van der Waals surface area contributed by atoms with Gasteiger partial charge in [-0.15, -0.1) is 0 Å². The molecule has 4 aromatic rings. The van der Waals surface area contributed by atoms with Crippen molar-refractivity contribution in [3.63, 3.8) is 0 Å². The van der Waals surface area contributed by atoms with Crippen molar-refractivity contribution in [2.45, 2.75) is 13.8 Å². The summed E-state index contributed by atoms with van der Waals surface area (Å²) in [6.07, 6.45) is 1.68. The maximum atomic E-state index is 6.09. The van der Waals surface area contributed by atoms with E-state index in [2.05, 4.69) is 41.2 Å². The van der Waals surface area contributed by atoms with E-state index in [-0.39, 0.29) is 0 Å². The highest BCUT2D eigenvalue weighted by Crippen LogP contribution is 2.30. The fourth-order valence-electron chi connectivity index (χ4n) is 2.78. The van der Waals surface area contributed by atoms with Crippen molar-refractivity contribution >= 4 is 17.0 Å². The second-order valence-electron chi connectivity index (χ2n) is 5.84. The van der Waals surface area contributed by atoms with Crippen LogP contribution in [0.2, 0.25) is 0 Å². The lowest BCUT2D eigenvalue weighted by Crippen LogP contribution is -2.02. The molecule has 0 aliphatic carbocycles. The second-order valence-corrected chi connectivity index (χ2v) is 5.84. The zero-order chi connectivity index (χ0) is 16.7. The van der Waals surface area contributed by atoms with Crippen LogP contribution in [-0.4, -0.2) is 19.5 Å². The molecule has 2 N–H and O–H groups in total. The molecule has 5 nitrogen and oxygen atoms in total. The molecule has 24 heavy (non-hydrogen) atoms. The van der Waals surface area contributed by atoms with Crippen LogP contribution in [0.25, 0.3) is 28.2 Å². The Kier molecular flexibility index (Phi) is 3.27. The summed E-state index contributed by atoms with van der Waals surface area (Å²) in [4.78, 5) is 13.6. The minimum Gasteiger partial charge on any atom is -0.383 e. The molecule has 118 valence electrons. The van der Waals surface area contributed by atoms with Crippen molar-refractivity contribution in [3.8, 4) is 17.1 Å². The smallest absolute Gasteiger partial charge is 0.165 e. The molecular weight excluding hydrogens is 298 g/mol. The highest BCUT2D eigenvalue weighted by molar-refractivity contribution is 5.82. The van der Waals surface area contributed by atoms with Crippen LogP contribution < -0.4 is 5.73 Å². The Hall–Kier alpha value is -3.21. The number of imidazole rings is 1. The van der Waals surface area contributed by atoms with E-state index in [9.17, 15) is 0 Å². The number of nitrogen functional groups attached to an aromatic ring is 1. The Morgan fingerprint density at radius 1 is 0.917 bits per heavy atom. The van der Waals surface area contributed by atoms with Gasteiger partial charge in [0.25, 0.3) is 0 Å². The van der Waals surface area contributed by atoms with Crippen molar-refractivity contribution in [1.29, 1.82) is 0 Å². The molecule has 0 aliphatic rings. The molecule has 0 saturated heterocycles. The molecule has 0 spiro atoms. The summed E-state index contributed by atoms with van der Waals surface area (Å²) >= 11 is 0. The van der Waals surface area contributed by atoms with Gasteiger partial charge in [-0.05, 0) is 50.2 Å². The molecule has 4 rings (SSSR count). The summed E-state index contributed by atoms with van der Waals surface area (Å²) in [5.74, 6) is 1.20. The van der Waals surface area contributed by atoms with Crippen molar-refractivity contribution in [1.82, 2.24) is 19.5 Å². The summed E-state index contributed by atoms with van der Waals surface area (Å²) in [5.41, 5.74) is 11.7. The molecule has 0 amide bonds. The normalized spacial score (nSPS) is 11.1. The van der Waals surface area contributed by atoms with E-state index in [1.165, 1.54) is 5.56 Å². The van der Waals surface area contributed by atoms with Gasteiger partial charge in [0.15, 0.2) is 11.5 Å². The Labute approximate surface area is 139 Å². The molecule has 0 atom stereocenters. The van der Waals surface area contributed by atoms with E-state index in [1.54, 1.807) is 6.20 Å². The van der Waals surface area contributed by atoms with Gasteiger partial charge in [0, 0.05) is 17.6 Å². The monoisotopic (exact) mass is 315 g/mol. The molecule has 0 aliphatic heterocycles. The Balaban J connectivity index is 2.08. The van der Waals surface area contributed by atoms with Gasteiger partial charge < -0.3 is 5.73 Å². The van der Waals surface area contributed by atoms with Gasteiger partial charge in [0.1, 0.15) is 11.3 Å². The number of hydrogen-bond donors (Lipinski definition) is 1.